The molecule has 6 heteroatoms. The fraction of sp³-hybridized carbons (Fsp3) is 0.273. The average Bonchev–Trinajstić information content (AvgIpc) is 2.79. The molecule has 2 heterocycles. The van der Waals surface area contributed by atoms with E-state index in [9.17, 15) is 8.78 Å². The van der Waals surface area contributed by atoms with E-state index in [1.165, 1.54) is 12.1 Å². The lowest BCUT2D eigenvalue weighted by Crippen LogP contribution is -2.07. The van der Waals surface area contributed by atoms with Crippen molar-refractivity contribution in [3.63, 3.8) is 0 Å². The first kappa shape index (κ1) is 10.6. The minimum atomic E-state index is -1.16. The first-order valence-electron chi connectivity index (χ1n) is 5.23. The third kappa shape index (κ3) is 1.68. The van der Waals surface area contributed by atoms with E-state index in [0.717, 1.165) is 5.56 Å². The number of H-pyrrole nitrogens is 1. The summed E-state index contributed by atoms with van der Waals surface area (Å²) < 4.78 is 28.7. The Morgan fingerprint density at radius 2 is 2.29 bits per heavy atom. The van der Waals surface area contributed by atoms with Gasteiger partial charge in [0.2, 0.25) is 4.77 Å². The van der Waals surface area contributed by atoms with E-state index in [1.54, 1.807) is 16.8 Å². The second kappa shape index (κ2) is 3.73. The summed E-state index contributed by atoms with van der Waals surface area (Å²) in [5, 5.41) is 2.81. The van der Waals surface area contributed by atoms with Gasteiger partial charge in [0.1, 0.15) is 5.82 Å². The van der Waals surface area contributed by atoms with Crippen LogP contribution in [-0.2, 0) is 0 Å². The van der Waals surface area contributed by atoms with Crippen molar-refractivity contribution in [1.29, 1.82) is 0 Å². The van der Waals surface area contributed by atoms with E-state index in [1.807, 2.05) is 0 Å². The average molecular weight is 253 g/mol. The number of hydrogen-bond acceptors (Lipinski definition) is 2. The van der Waals surface area contributed by atoms with Gasteiger partial charge in [-0.3, -0.25) is 9.78 Å². The van der Waals surface area contributed by atoms with Crippen LogP contribution in [0.25, 0.3) is 0 Å². The van der Waals surface area contributed by atoms with Crippen LogP contribution in [0.2, 0.25) is 0 Å². The van der Waals surface area contributed by atoms with Gasteiger partial charge in [-0.05, 0) is 29.9 Å². The molecule has 3 nitrogen and oxygen atoms in total. The standard InChI is InChI=1S/C11H9F2N3S/c12-7-3-1-2-6(4-7)9-5-8(13)10-14-11(17)15-16(9)10/h1-4,8-9H,5H2,(H,15,17)/t8-,9-/m0/s1. The van der Waals surface area contributed by atoms with Crippen molar-refractivity contribution in [3.05, 3.63) is 46.2 Å². The molecule has 0 spiro atoms. The van der Waals surface area contributed by atoms with Gasteiger partial charge in [-0.15, -0.1) is 0 Å². The van der Waals surface area contributed by atoms with Gasteiger partial charge in [-0.1, -0.05) is 12.1 Å². The minimum Gasteiger partial charge on any atom is -0.270 e. The molecule has 0 saturated carbocycles. The minimum absolute atomic E-state index is 0.253. The Morgan fingerprint density at radius 1 is 1.47 bits per heavy atom. The maximum atomic E-state index is 13.7. The fourth-order valence-corrected chi connectivity index (χ4v) is 2.40. The molecule has 0 amide bonds. The lowest BCUT2D eigenvalue weighted by Gasteiger charge is -2.12. The predicted octanol–water partition coefficient (Wildman–Crippen LogP) is 3.08. The number of rotatable bonds is 1. The number of benzene rings is 1. The zero-order valence-electron chi connectivity index (χ0n) is 8.73. The van der Waals surface area contributed by atoms with Crippen LogP contribution >= 0.6 is 12.2 Å². The van der Waals surface area contributed by atoms with Gasteiger partial charge in [0.15, 0.2) is 12.0 Å². The van der Waals surface area contributed by atoms with E-state index < -0.39 is 6.17 Å². The van der Waals surface area contributed by atoms with Gasteiger partial charge in [-0.25, -0.2) is 13.8 Å². The predicted molar refractivity (Wildman–Crippen MR) is 60.4 cm³/mol. The smallest absolute Gasteiger partial charge is 0.213 e. The Kier molecular flexibility index (Phi) is 2.32. The summed E-state index contributed by atoms with van der Waals surface area (Å²) in [4.78, 5) is 3.92. The molecule has 1 aliphatic heterocycles. The van der Waals surface area contributed by atoms with Gasteiger partial charge < -0.3 is 0 Å². The summed E-state index contributed by atoms with van der Waals surface area (Å²) in [5.74, 6) is -0.0330. The maximum absolute atomic E-state index is 13.7. The van der Waals surface area contributed by atoms with Crippen LogP contribution in [0.15, 0.2) is 24.3 Å². The topological polar surface area (TPSA) is 33.6 Å². The largest absolute Gasteiger partial charge is 0.270 e. The molecule has 2 aromatic rings. The monoisotopic (exact) mass is 253 g/mol. The van der Waals surface area contributed by atoms with Crippen molar-refractivity contribution in [2.75, 3.05) is 0 Å². The zero-order valence-corrected chi connectivity index (χ0v) is 9.55. The molecule has 1 aliphatic rings. The number of halogens is 2. The van der Waals surface area contributed by atoms with Gasteiger partial charge in [0.05, 0.1) is 6.04 Å². The molecule has 0 unspecified atom stereocenters. The molecular weight excluding hydrogens is 244 g/mol. The maximum Gasteiger partial charge on any atom is 0.213 e. The van der Waals surface area contributed by atoms with Crippen molar-refractivity contribution in [2.45, 2.75) is 18.6 Å². The van der Waals surface area contributed by atoms with E-state index in [0.29, 0.717) is 5.82 Å². The summed E-state index contributed by atoms with van der Waals surface area (Å²) in [6.45, 7) is 0. The number of alkyl halides is 1. The number of aromatic nitrogens is 3. The Labute approximate surface area is 101 Å². The number of fused-ring (bicyclic) bond motifs is 1. The Morgan fingerprint density at radius 3 is 3.06 bits per heavy atom. The molecule has 3 rings (SSSR count). The van der Waals surface area contributed by atoms with Crippen LogP contribution in [0, 0.1) is 10.6 Å². The Bertz CT molecular complexity index is 619. The van der Waals surface area contributed by atoms with Gasteiger partial charge in [-0.2, -0.15) is 0 Å². The van der Waals surface area contributed by atoms with Crippen molar-refractivity contribution in [3.8, 4) is 0 Å². The van der Waals surface area contributed by atoms with Crippen LogP contribution < -0.4 is 0 Å². The highest BCUT2D eigenvalue weighted by Gasteiger charge is 2.33. The second-order valence-electron chi connectivity index (χ2n) is 4.03. The molecule has 1 aromatic heterocycles. The second-order valence-corrected chi connectivity index (χ2v) is 4.42. The molecule has 17 heavy (non-hydrogen) atoms. The van der Waals surface area contributed by atoms with Crippen LogP contribution in [0.4, 0.5) is 8.78 Å². The van der Waals surface area contributed by atoms with Gasteiger partial charge >= 0.3 is 0 Å². The van der Waals surface area contributed by atoms with Crippen molar-refractivity contribution < 1.29 is 8.78 Å². The summed E-state index contributed by atoms with van der Waals surface area (Å²) in [6.07, 6.45) is -0.894. The summed E-state index contributed by atoms with van der Waals surface area (Å²) in [5.41, 5.74) is 0.718. The fourth-order valence-electron chi connectivity index (χ4n) is 2.21. The van der Waals surface area contributed by atoms with Crippen LogP contribution in [0.5, 0.6) is 0 Å². The van der Waals surface area contributed by atoms with E-state index in [2.05, 4.69) is 10.1 Å². The number of nitrogens with zero attached hydrogens (tertiary/aromatic N) is 2. The lowest BCUT2D eigenvalue weighted by molar-refractivity contribution is 0.328. The van der Waals surface area contributed by atoms with Gasteiger partial charge in [0.25, 0.3) is 0 Å². The third-order valence-corrected chi connectivity index (χ3v) is 3.12. The number of aromatic amines is 1. The molecule has 0 fully saturated rings. The van der Waals surface area contributed by atoms with E-state index in [4.69, 9.17) is 12.2 Å². The van der Waals surface area contributed by atoms with Crippen molar-refractivity contribution >= 4 is 12.2 Å². The summed E-state index contributed by atoms with van der Waals surface area (Å²) in [6, 6.07) is 5.89. The van der Waals surface area contributed by atoms with Crippen LogP contribution in [-0.4, -0.2) is 14.8 Å². The molecular formula is C11H9F2N3S. The summed E-state index contributed by atoms with van der Waals surface area (Å²) >= 11 is 4.87. The molecule has 1 aromatic carbocycles. The number of hydrogen-bond donors (Lipinski definition) is 1. The normalized spacial score (nSPS) is 22.7. The van der Waals surface area contributed by atoms with Crippen LogP contribution in [0.3, 0.4) is 0 Å². The van der Waals surface area contributed by atoms with E-state index >= 15 is 0 Å². The molecule has 0 saturated heterocycles. The molecule has 0 radical (unpaired) electrons. The lowest BCUT2D eigenvalue weighted by atomic mass is 10.0. The summed E-state index contributed by atoms with van der Waals surface area (Å²) in [7, 11) is 0. The quantitative estimate of drug-likeness (QED) is 0.792. The highest BCUT2D eigenvalue weighted by Crippen LogP contribution is 2.38. The number of nitrogens with one attached hydrogen (secondary N) is 1. The van der Waals surface area contributed by atoms with E-state index in [-0.39, 0.29) is 23.1 Å². The molecule has 2 atom stereocenters. The zero-order chi connectivity index (χ0) is 12.0. The first-order valence-corrected chi connectivity index (χ1v) is 5.64. The third-order valence-electron chi connectivity index (χ3n) is 2.93. The Hall–Kier alpha value is -1.56. The van der Waals surface area contributed by atoms with Crippen LogP contribution in [0.1, 0.15) is 30.0 Å². The highest BCUT2D eigenvalue weighted by atomic mass is 32.1. The molecule has 0 bridgehead atoms. The van der Waals surface area contributed by atoms with Crippen molar-refractivity contribution in [1.82, 2.24) is 14.8 Å². The molecule has 1 N–H and O–H groups in total. The molecule has 88 valence electrons. The highest BCUT2D eigenvalue weighted by molar-refractivity contribution is 7.71. The van der Waals surface area contributed by atoms with Crippen molar-refractivity contribution in [2.24, 2.45) is 0 Å². The molecule has 0 aliphatic carbocycles. The first-order chi connectivity index (χ1) is 8.15. The Balaban J connectivity index is 2.09. The SMILES string of the molecule is Fc1cccc([C@@H]2C[C@H](F)c3nc(=S)[nH]n32)c1. The van der Waals surface area contributed by atoms with Gasteiger partial charge in [0, 0.05) is 6.42 Å².